The van der Waals surface area contributed by atoms with Crippen LogP contribution in [0, 0.1) is 11.3 Å². The summed E-state index contributed by atoms with van der Waals surface area (Å²) in [6.07, 6.45) is 2.29. The lowest BCUT2D eigenvalue weighted by Gasteiger charge is -2.14. The van der Waals surface area contributed by atoms with Gasteiger partial charge in [0.15, 0.2) is 0 Å². The van der Waals surface area contributed by atoms with Gasteiger partial charge in [0.2, 0.25) is 0 Å². The summed E-state index contributed by atoms with van der Waals surface area (Å²) in [6.45, 7) is 4.28. The third-order valence-electron chi connectivity index (χ3n) is 2.60. The molecule has 1 unspecified atom stereocenters. The van der Waals surface area contributed by atoms with Crippen LogP contribution in [0.25, 0.3) is 0 Å². The average Bonchev–Trinajstić information content (AvgIpc) is 2.85. The van der Waals surface area contributed by atoms with Crippen LogP contribution in [0.5, 0.6) is 0 Å². The summed E-state index contributed by atoms with van der Waals surface area (Å²) < 4.78 is 0. The van der Waals surface area contributed by atoms with Crippen molar-refractivity contribution in [3.8, 4) is 0 Å². The maximum atomic E-state index is 8.99. The van der Waals surface area contributed by atoms with Gasteiger partial charge in [-0.25, -0.2) is 0 Å². The van der Waals surface area contributed by atoms with Gasteiger partial charge in [-0.15, -0.1) is 0 Å². The van der Waals surface area contributed by atoms with Crippen LogP contribution >= 0.6 is 0 Å². The predicted octanol–water partition coefficient (Wildman–Crippen LogP) is -0.0231. The molecule has 0 aromatic heterocycles. The highest BCUT2D eigenvalue weighted by Crippen LogP contribution is 2.44. The van der Waals surface area contributed by atoms with Gasteiger partial charge in [-0.1, -0.05) is 6.92 Å². The number of aliphatic hydroxyl groups is 2. The lowest BCUT2D eigenvalue weighted by Crippen LogP contribution is -2.30. The van der Waals surface area contributed by atoms with E-state index in [9.17, 15) is 0 Å². The molecule has 1 rings (SSSR count). The molecule has 72 valence electrons. The second-order valence-electron chi connectivity index (χ2n) is 4.08. The summed E-state index contributed by atoms with van der Waals surface area (Å²) in [4.78, 5) is 0. The first-order valence-corrected chi connectivity index (χ1v) is 4.65. The van der Waals surface area contributed by atoms with Gasteiger partial charge in [-0.05, 0) is 25.3 Å². The fourth-order valence-electron chi connectivity index (χ4n) is 1.22. The van der Waals surface area contributed by atoms with E-state index in [4.69, 9.17) is 10.2 Å². The smallest absolute Gasteiger partial charge is 0.0499 e. The molecule has 1 aliphatic carbocycles. The quantitative estimate of drug-likeness (QED) is 0.529. The maximum absolute atomic E-state index is 8.99. The lowest BCUT2D eigenvalue weighted by molar-refractivity contribution is 0.198. The molecule has 3 N–H and O–H groups in total. The van der Waals surface area contributed by atoms with Crippen molar-refractivity contribution in [2.24, 2.45) is 11.3 Å². The largest absolute Gasteiger partial charge is 0.396 e. The fraction of sp³-hybridized carbons (Fsp3) is 1.00. The van der Waals surface area contributed by atoms with Crippen LogP contribution in [0.3, 0.4) is 0 Å². The second kappa shape index (κ2) is 4.21. The highest BCUT2D eigenvalue weighted by atomic mass is 16.3. The Morgan fingerprint density at radius 2 is 2.08 bits per heavy atom. The van der Waals surface area contributed by atoms with E-state index in [0.29, 0.717) is 12.5 Å². The van der Waals surface area contributed by atoms with Crippen molar-refractivity contribution in [2.75, 3.05) is 26.3 Å². The molecule has 0 spiro atoms. The van der Waals surface area contributed by atoms with Crippen molar-refractivity contribution in [1.29, 1.82) is 0 Å². The Balaban J connectivity index is 2.02. The molecular weight excluding hydrogens is 154 g/mol. The monoisotopic (exact) mass is 173 g/mol. The first-order valence-electron chi connectivity index (χ1n) is 4.65. The number of nitrogens with one attached hydrogen (secondary N) is 1. The Kier molecular flexibility index (Phi) is 3.50. The third-order valence-corrected chi connectivity index (χ3v) is 2.60. The van der Waals surface area contributed by atoms with E-state index in [2.05, 4.69) is 5.32 Å². The zero-order chi connectivity index (χ0) is 9.03. The van der Waals surface area contributed by atoms with Crippen LogP contribution in [0.2, 0.25) is 0 Å². The van der Waals surface area contributed by atoms with Crippen molar-refractivity contribution in [2.45, 2.75) is 19.8 Å². The van der Waals surface area contributed by atoms with Gasteiger partial charge in [0.05, 0.1) is 0 Å². The Hall–Kier alpha value is -0.120. The minimum absolute atomic E-state index is 0.190. The molecule has 0 bridgehead atoms. The topological polar surface area (TPSA) is 52.5 Å². The first kappa shape index (κ1) is 9.96. The molecule has 0 radical (unpaired) electrons. The normalized spacial score (nSPS) is 22.2. The number of hydrogen-bond donors (Lipinski definition) is 3. The van der Waals surface area contributed by atoms with E-state index in [1.807, 2.05) is 6.92 Å². The maximum Gasteiger partial charge on any atom is 0.0499 e. The van der Waals surface area contributed by atoms with E-state index in [-0.39, 0.29) is 12.0 Å². The van der Waals surface area contributed by atoms with Crippen LogP contribution in [-0.2, 0) is 0 Å². The van der Waals surface area contributed by atoms with E-state index >= 15 is 0 Å². The third kappa shape index (κ3) is 2.73. The summed E-state index contributed by atoms with van der Waals surface area (Å²) in [5.41, 5.74) is 0.190. The van der Waals surface area contributed by atoms with Crippen LogP contribution in [0.15, 0.2) is 0 Å². The zero-order valence-corrected chi connectivity index (χ0v) is 7.71. The van der Waals surface area contributed by atoms with Crippen molar-refractivity contribution < 1.29 is 10.2 Å². The van der Waals surface area contributed by atoms with Gasteiger partial charge in [0, 0.05) is 25.2 Å². The number of hydrogen-bond acceptors (Lipinski definition) is 3. The molecule has 12 heavy (non-hydrogen) atoms. The van der Waals surface area contributed by atoms with Crippen LogP contribution in [0.1, 0.15) is 19.8 Å². The van der Waals surface area contributed by atoms with Crippen molar-refractivity contribution in [3.05, 3.63) is 0 Å². The van der Waals surface area contributed by atoms with Gasteiger partial charge < -0.3 is 15.5 Å². The fourth-order valence-corrected chi connectivity index (χ4v) is 1.22. The highest BCUT2D eigenvalue weighted by molar-refractivity contribution is 4.94. The van der Waals surface area contributed by atoms with Crippen molar-refractivity contribution in [1.82, 2.24) is 5.32 Å². The minimum Gasteiger partial charge on any atom is -0.396 e. The number of aliphatic hydroxyl groups excluding tert-OH is 2. The van der Waals surface area contributed by atoms with E-state index in [1.165, 1.54) is 0 Å². The SMILES string of the molecule is CC(CO)CNCC1(CO)CC1. The molecular formula is C9H19NO2. The summed E-state index contributed by atoms with van der Waals surface area (Å²) >= 11 is 0. The average molecular weight is 173 g/mol. The summed E-state index contributed by atoms with van der Waals surface area (Å²) in [5.74, 6) is 0.319. The van der Waals surface area contributed by atoms with E-state index in [1.54, 1.807) is 0 Å². The van der Waals surface area contributed by atoms with Crippen molar-refractivity contribution >= 4 is 0 Å². The molecule has 3 nitrogen and oxygen atoms in total. The lowest BCUT2D eigenvalue weighted by atomic mass is 10.1. The van der Waals surface area contributed by atoms with Crippen molar-refractivity contribution in [3.63, 3.8) is 0 Å². The van der Waals surface area contributed by atoms with Gasteiger partial charge in [-0.3, -0.25) is 0 Å². The Bertz CT molecular complexity index is 134. The van der Waals surface area contributed by atoms with E-state index < -0.39 is 0 Å². The number of rotatable bonds is 6. The Morgan fingerprint density at radius 1 is 1.42 bits per heavy atom. The van der Waals surface area contributed by atoms with Crippen LogP contribution in [0.4, 0.5) is 0 Å². The molecule has 0 aromatic rings. The Morgan fingerprint density at radius 3 is 2.50 bits per heavy atom. The van der Waals surface area contributed by atoms with Crippen LogP contribution in [-0.4, -0.2) is 36.5 Å². The molecule has 1 saturated carbocycles. The summed E-state index contributed by atoms with van der Waals surface area (Å²) in [6, 6.07) is 0. The molecule has 0 aromatic carbocycles. The summed E-state index contributed by atoms with van der Waals surface area (Å²) in [7, 11) is 0. The van der Waals surface area contributed by atoms with Gasteiger partial charge in [-0.2, -0.15) is 0 Å². The zero-order valence-electron chi connectivity index (χ0n) is 7.71. The second-order valence-corrected chi connectivity index (χ2v) is 4.08. The summed E-state index contributed by atoms with van der Waals surface area (Å²) in [5, 5.41) is 21.0. The van der Waals surface area contributed by atoms with Crippen LogP contribution < -0.4 is 5.32 Å². The minimum atomic E-state index is 0.190. The Labute approximate surface area is 73.8 Å². The molecule has 0 saturated heterocycles. The standard InChI is InChI=1S/C9H19NO2/c1-8(5-11)4-10-6-9(7-12)2-3-9/h8,10-12H,2-7H2,1H3. The molecule has 0 aliphatic heterocycles. The molecule has 1 fully saturated rings. The molecule has 0 heterocycles. The highest BCUT2D eigenvalue weighted by Gasteiger charge is 2.41. The first-order chi connectivity index (χ1) is 5.72. The van der Waals surface area contributed by atoms with E-state index in [0.717, 1.165) is 25.9 Å². The van der Waals surface area contributed by atoms with Gasteiger partial charge in [0.1, 0.15) is 0 Å². The molecule has 0 amide bonds. The van der Waals surface area contributed by atoms with Gasteiger partial charge in [0.25, 0.3) is 0 Å². The molecule has 3 heteroatoms. The predicted molar refractivity (Wildman–Crippen MR) is 47.9 cm³/mol. The molecule has 1 atom stereocenters. The van der Waals surface area contributed by atoms with Gasteiger partial charge >= 0.3 is 0 Å². The molecule has 1 aliphatic rings.